The summed E-state index contributed by atoms with van der Waals surface area (Å²) in [4.78, 5) is 25.9. The van der Waals surface area contributed by atoms with Crippen LogP contribution < -0.4 is 10.1 Å². The van der Waals surface area contributed by atoms with E-state index in [0.717, 1.165) is 17.2 Å². The summed E-state index contributed by atoms with van der Waals surface area (Å²) in [6.07, 6.45) is 5.13. The first-order chi connectivity index (χ1) is 17.0. The van der Waals surface area contributed by atoms with E-state index in [-0.39, 0.29) is 5.91 Å². The molecule has 0 radical (unpaired) electrons. The maximum atomic E-state index is 12.9. The van der Waals surface area contributed by atoms with E-state index in [1.165, 1.54) is 0 Å². The molecule has 0 fully saturated rings. The van der Waals surface area contributed by atoms with Crippen LogP contribution in [-0.2, 0) is 0 Å². The van der Waals surface area contributed by atoms with E-state index in [2.05, 4.69) is 25.4 Å². The Hall–Kier alpha value is -4.79. The van der Waals surface area contributed by atoms with Gasteiger partial charge in [0.1, 0.15) is 23.2 Å². The minimum Gasteiger partial charge on any atom is -0.439 e. The number of rotatable bonds is 6. The Morgan fingerprint density at radius 1 is 0.971 bits per heavy atom. The Balaban J connectivity index is 1.29. The number of carbonyl (C=O) groups excluding carboxylic acids is 1. The highest BCUT2D eigenvalue weighted by atomic mass is 16.5. The van der Waals surface area contributed by atoms with Crippen LogP contribution in [0.15, 0.2) is 79.3 Å². The van der Waals surface area contributed by atoms with Crippen molar-refractivity contribution in [1.82, 2.24) is 29.3 Å². The van der Waals surface area contributed by atoms with Gasteiger partial charge in [-0.25, -0.2) is 14.6 Å². The number of hydrogen-bond donors (Lipinski definition) is 1. The Labute approximate surface area is 202 Å². The van der Waals surface area contributed by atoms with E-state index in [1.54, 1.807) is 47.4 Å². The average molecular weight is 466 g/mol. The molecule has 0 bridgehead atoms. The van der Waals surface area contributed by atoms with Crippen LogP contribution in [0.1, 0.15) is 27.7 Å². The van der Waals surface area contributed by atoms with Gasteiger partial charge < -0.3 is 10.1 Å². The van der Waals surface area contributed by atoms with Gasteiger partial charge in [0.15, 0.2) is 0 Å². The van der Waals surface area contributed by atoms with Crippen molar-refractivity contribution in [1.29, 1.82) is 0 Å². The molecule has 35 heavy (non-hydrogen) atoms. The second-order valence-electron chi connectivity index (χ2n) is 7.93. The number of aryl methyl sites for hydroxylation is 2. The summed E-state index contributed by atoms with van der Waals surface area (Å²) in [5.74, 6) is 2.85. The number of nitrogens with one attached hydrogen (secondary N) is 1. The van der Waals surface area contributed by atoms with Crippen molar-refractivity contribution in [3.63, 3.8) is 0 Å². The highest BCUT2D eigenvalue weighted by molar-refractivity contribution is 6.05. The maximum Gasteiger partial charge on any atom is 0.259 e. The lowest BCUT2D eigenvalue weighted by atomic mass is 10.2. The molecule has 0 saturated carbocycles. The van der Waals surface area contributed by atoms with Crippen LogP contribution in [0.4, 0.5) is 5.69 Å². The minimum atomic E-state index is -0.231. The number of para-hydroxylation sites is 1. The molecule has 0 aliphatic heterocycles. The number of carbonyl (C=O) groups is 1. The molecule has 3 heterocycles. The van der Waals surface area contributed by atoms with E-state index < -0.39 is 0 Å². The third kappa shape index (κ3) is 4.65. The van der Waals surface area contributed by atoms with Gasteiger partial charge in [0, 0.05) is 24.1 Å². The zero-order chi connectivity index (χ0) is 24.4. The first-order valence-electron chi connectivity index (χ1n) is 11.0. The fraction of sp³-hybridized carbons (Fsp3) is 0.115. The first-order valence-corrected chi connectivity index (χ1v) is 11.0. The van der Waals surface area contributed by atoms with Gasteiger partial charge in [-0.3, -0.25) is 9.36 Å². The molecule has 174 valence electrons. The fourth-order valence-corrected chi connectivity index (χ4v) is 3.71. The summed E-state index contributed by atoms with van der Waals surface area (Å²) in [5.41, 5.74) is 2.81. The largest absolute Gasteiger partial charge is 0.439 e. The van der Waals surface area contributed by atoms with E-state index in [1.807, 2.05) is 61.9 Å². The molecule has 9 nitrogen and oxygen atoms in total. The van der Waals surface area contributed by atoms with Crippen molar-refractivity contribution in [3.05, 3.63) is 102 Å². The highest BCUT2D eigenvalue weighted by Crippen LogP contribution is 2.24. The van der Waals surface area contributed by atoms with Crippen molar-refractivity contribution in [3.8, 4) is 23.1 Å². The number of aromatic nitrogens is 6. The van der Waals surface area contributed by atoms with E-state index in [9.17, 15) is 4.79 Å². The monoisotopic (exact) mass is 465 g/mol. The highest BCUT2D eigenvalue weighted by Gasteiger charge is 2.15. The Bertz CT molecular complexity index is 1490. The predicted molar refractivity (Wildman–Crippen MR) is 131 cm³/mol. The summed E-state index contributed by atoms with van der Waals surface area (Å²) in [6.45, 7) is 5.58. The molecule has 2 aromatic carbocycles. The molecule has 5 aromatic rings. The van der Waals surface area contributed by atoms with Crippen LogP contribution in [0.25, 0.3) is 11.5 Å². The van der Waals surface area contributed by atoms with Crippen LogP contribution >= 0.6 is 0 Å². The maximum absolute atomic E-state index is 12.9. The second-order valence-corrected chi connectivity index (χ2v) is 7.93. The van der Waals surface area contributed by atoms with Crippen molar-refractivity contribution in [2.24, 2.45) is 0 Å². The molecule has 9 heteroatoms. The summed E-state index contributed by atoms with van der Waals surface area (Å²) in [7, 11) is 0. The van der Waals surface area contributed by atoms with Gasteiger partial charge in [-0.15, -0.1) is 0 Å². The molecule has 0 atom stereocenters. The molecule has 0 aliphatic rings. The number of anilines is 1. The third-order valence-electron chi connectivity index (χ3n) is 5.46. The summed E-state index contributed by atoms with van der Waals surface area (Å²) in [5, 5.41) is 7.28. The standard InChI is InChI=1S/C26H23N7O2/c1-17-23(16-28-33(17)21-7-5-4-6-8-21)26(34)31-20-9-11-22(12-10-20)35-25-15-24(29-18(2)30-25)32-14-13-27-19(32)3/h4-16H,1-3H3,(H,31,34). The predicted octanol–water partition coefficient (Wildman–Crippen LogP) is 4.82. The molecular formula is C26H23N7O2. The molecule has 1 N–H and O–H groups in total. The van der Waals surface area contributed by atoms with Gasteiger partial charge in [0.2, 0.25) is 5.88 Å². The number of nitrogens with zero attached hydrogens (tertiary/aromatic N) is 6. The van der Waals surface area contributed by atoms with Crippen LogP contribution in [-0.4, -0.2) is 35.2 Å². The SMILES string of the molecule is Cc1nc(Oc2ccc(NC(=O)c3cnn(-c4ccccc4)c3C)cc2)cc(-n2ccnc2C)n1. The fourth-order valence-electron chi connectivity index (χ4n) is 3.71. The van der Waals surface area contributed by atoms with Crippen molar-refractivity contribution < 1.29 is 9.53 Å². The minimum absolute atomic E-state index is 0.231. The lowest BCUT2D eigenvalue weighted by molar-refractivity contribution is 0.102. The molecule has 1 amide bonds. The van der Waals surface area contributed by atoms with Gasteiger partial charge in [0.25, 0.3) is 5.91 Å². The first kappa shape index (κ1) is 22.0. The summed E-state index contributed by atoms with van der Waals surface area (Å²) in [6, 6.07) is 18.5. The molecular weight excluding hydrogens is 442 g/mol. The van der Waals surface area contributed by atoms with E-state index >= 15 is 0 Å². The van der Waals surface area contributed by atoms with Crippen LogP contribution in [0.5, 0.6) is 11.6 Å². The molecule has 0 aliphatic carbocycles. The Morgan fingerprint density at radius 3 is 2.46 bits per heavy atom. The van der Waals surface area contributed by atoms with Crippen molar-refractivity contribution in [2.75, 3.05) is 5.32 Å². The van der Waals surface area contributed by atoms with Gasteiger partial charge in [-0.1, -0.05) is 18.2 Å². The zero-order valence-corrected chi connectivity index (χ0v) is 19.5. The van der Waals surface area contributed by atoms with Gasteiger partial charge in [0.05, 0.1) is 23.1 Å². The quantitative estimate of drug-likeness (QED) is 0.386. The third-order valence-corrected chi connectivity index (χ3v) is 5.46. The number of ether oxygens (including phenoxy) is 1. The zero-order valence-electron chi connectivity index (χ0n) is 19.5. The smallest absolute Gasteiger partial charge is 0.259 e. The Kier molecular flexibility index (Phi) is 5.80. The van der Waals surface area contributed by atoms with Crippen molar-refractivity contribution in [2.45, 2.75) is 20.8 Å². The molecule has 0 unspecified atom stereocenters. The van der Waals surface area contributed by atoms with Gasteiger partial charge in [-0.2, -0.15) is 10.1 Å². The van der Waals surface area contributed by atoms with Crippen LogP contribution in [0.3, 0.4) is 0 Å². The Morgan fingerprint density at radius 2 is 1.74 bits per heavy atom. The molecule has 5 rings (SSSR count). The molecule has 0 saturated heterocycles. The summed E-state index contributed by atoms with van der Waals surface area (Å²) < 4.78 is 9.55. The summed E-state index contributed by atoms with van der Waals surface area (Å²) >= 11 is 0. The van der Waals surface area contributed by atoms with E-state index in [0.29, 0.717) is 34.5 Å². The van der Waals surface area contributed by atoms with Crippen LogP contribution in [0.2, 0.25) is 0 Å². The van der Waals surface area contributed by atoms with Crippen LogP contribution in [0, 0.1) is 20.8 Å². The normalized spacial score (nSPS) is 10.8. The van der Waals surface area contributed by atoms with Gasteiger partial charge >= 0.3 is 0 Å². The van der Waals surface area contributed by atoms with Gasteiger partial charge in [-0.05, 0) is 57.2 Å². The molecule has 0 spiro atoms. The lowest BCUT2D eigenvalue weighted by Crippen LogP contribution is -2.13. The number of hydrogen-bond acceptors (Lipinski definition) is 6. The average Bonchev–Trinajstić information content (AvgIpc) is 3.46. The topological polar surface area (TPSA) is 99.8 Å². The molecule has 3 aromatic heterocycles. The number of benzene rings is 2. The van der Waals surface area contributed by atoms with E-state index in [4.69, 9.17) is 4.74 Å². The number of imidazole rings is 1. The second kappa shape index (κ2) is 9.22. The van der Waals surface area contributed by atoms with Crippen molar-refractivity contribution >= 4 is 11.6 Å². The lowest BCUT2D eigenvalue weighted by Gasteiger charge is -2.10. The number of amides is 1.